The van der Waals surface area contributed by atoms with Gasteiger partial charge in [0.1, 0.15) is 5.00 Å². The lowest BCUT2D eigenvalue weighted by Crippen LogP contribution is -2.14. The fourth-order valence-electron chi connectivity index (χ4n) is 3.44. The summed E-state index contributed by atoms with van der Waals surface area (Å²) in [6, 6.07) is 5.39. The van der Waals surface area contributed by atoms with Gasteiger partial charge in [-0.15, -0.1) is 11.3 Å². The van der Waals surface area contributed by atoms with E-state index >= 15 is 0 Å². The molecule has 1 aromatic carbocycles. The molecule has 29 heavy (non-hydrogen) atoms. The molecule has 1 aliphatic rings. The molecule has 0 saturated heterocycles. The van der Waals surface area contributed by atoms with E-state index in [9.17, 15) is 9.59 Å². The van der Waals surface area contributed by atoms with Crippen molar-refractivity contribution in [2.45, 2.75) is 26.2 Å². The van der Waals surface area contributed by atoms with Crippen LogP contribution in [0.1, 0.15) is 39.7 Å². The van der Waals surface area contributed by atoms with E-state index in [0.717, 1.165) is 35.3 Å². The summed E-state index contributed by atoms with van der Waals surface area (Å²) in [6.07, 6.45) is 5.89. The largest absolute Gasteiger partial charge is 0.493 e. The first-order valence-corrected chi connectivity index (χ1v) is 10.2. The molecule has 0 fully saturated rings. The van der Waals surface area contributed by atoms with Crippen LogP contribution in [0.4, 0.5) is 5.00 Å². The molecule has 0 bridgehead atoms. The monoisotopic (exact) mass is 415 g/mol. The second-order valence-electron chi connectivity index (χ2n) is 6.98. The predicted octanol–water partition coefficient (Wildman–Crippen LogP) is 4.33. The Morgan fingerprint density at radius 3 is 2.62 bits per heavy atom. The quantitative estimate of drug-likeness (QED) is 0.562. The summed E-state index contributed by atoms with van der Waals surface area (Å²) in [4.78, 5) is 26.0. The van der Waals surface area contributed by atoms with E-state index in [4.69, 9.17) is 14.2 Å². The highest BCUT2D eigenvalue weighted by atomic mass is 32.1. The van der Waals surface area contributed by atoms with Crippen LogP contribution < -0.4 is 14.8 Å². The van der Waals surface area contributed by atoms with Gasteiger partial charge in [-0.2, -0.15) is 0 Å². The zero-order valence-corrected chi connectivity index (χ0v) is 17.9. The molecule has 0 radical (unpaired) electrons. The van der Waals surface area contributed by atoms with Gasteiger partial charge < -0.3 is 19.5 Å². The zero-order valence-electron chi connectivity index (χ0n) is 17.0. The second kappa shape index (κ2) is 9.13. The first-order valence-electron chi connectivity index (χ1n) is 9.40. The Balaban J connectivity index is 1.80. The highest BCUT2D eigenvalue weighted by Gasteiger charge is 2.28. The van der Waals surface area contributed by atoms with Crippen LogP contribution in [0.2, 0.25) is 0 Å². The van der Waals surface area contributed by atoms with E-state index in [1.807, 2.05) is 6.07 Å². The summed E-state index contributed by atoms with van der Waals surface area (Å²) < 4.78 is 15.5. The third-order valence-corrected chi connectivity index (χ3v) is 6.14. The van der Waals surface area contributed by atoms with E-state index in [1.165, 1.54) is 24.5 Å². The van der Waals surface area contributed by atoms with E-state index < -0.39 is 5.97 Å². The van der Waals surface area contributed by atoms with Gasteiger partial charge in [0.05, 0.1) is 26.9 Å². The van der Waals surface area contributed by atoms with Crippen molar-refractivity contribution in [1.29, 1.82) is 0 Å². The maximum Gasteiger partial charge on any atom is 0.341 e. The average Bonchev–Trinajstić information content (AvgIpc) is 3.07. The number of rotatable bonds is 6. The van der Waals surface area contributed by atoms with E-state index in [-0.39, 0.29) is 5.91 Å². The van der Waals surface area contributed by atoms with Crippen LogP contribution in [0.5, 0.6) is 11.5 Å². The molecule has 1 amide bonds. The number of methoxy groups -OCH3 is 3. The maximum atomic E-state index is 12.5. The van der Waals surface area contributed by atoms with Gasteiger partial charge in [0.25, 0.3) is 0 Å². The Labute approximate surface area is 174 Å². The first kappa shape index (κ1) is 20.9. The molecular weight excluding hydrogens is 390 g/mol. The summed E-state index contributed by atoms with van der Waals surface area (Å²) in [5.41, 5.74) is 2.30. The van der Waals surface area contributed by atoms with Crippen molar-refractivity contribution in [2.75, 3.05) is 26.6 Å². The van der Waals surface area contributed by atoms with Crippen LogP contribution in [0.25, 0.3) is 6.08 Å². The lowest BCUT2D eigenvalue weighted by molar-refractivity contribution is -0.111. The van der Waals surface area contributed by atoms with Crippen molar-refractivity contribution in [2.24, 2.45) is 5.92 Å². The van der Waals surface area contributed by atoms with Crippen LogP contribution in [-0.4, -0.2) is 33.2 Å². The van der Waals surface area contributed by atoms with Crippen molar-refractivity contribution in [1.82, 2.24) is 0 Å². The number of carbonyl (C=O) groups excluding carboxylic acids is 2. The molecule has 1 atom stereocenters. The van der Waals surface area contributed by atoms with Gasteiger partial charge in [-0.3, -0.25) is 4.79 Å². The normalized spacial score (nSPS) is 15.7. The van der Waals surface area contributed by atoms with Gasteiger partial charge in [0.15, 0.2) is 11.5 Å². The second-order valence-corrected chi connectivity index (χ2v) is 8.09. The van der Waals surface area contributed by atoms with Crippen molar-refractivity contribution in [3.8, 4) is 11.5 Å². The predicted molar refractivity (Wildman–Crippen MR) is 114 cm³/mol. The fraction of sp³-hybridized carbons (Fsp3) is 0.364. The number of thiophene rings is 1. The van der Waals surface area contributed by atoms with Crippen LogP contribution in [0.3, 0.4) is 0 Å². The van der Waals surface area contributed by atoms with Crippen LogP contribution >= 0.6 is 11.3 Å². The van der Waals surface area contributed by atoms with Gasteiger partial charge in [-0.1, -0.05) is 13.0 Å². The maximum absolute atomic E-state index is 12.5. The van der Waals surface area contributed by atoms with Crippen LogP contribution in [0.15, 0.2) is 24.3 Å². The van der Waals surface area contributed by atoms with Gasteiger partial charge in [-0.25, -0.2) is 4.79 Å². The molecule has 0 spiro atoms. The molecule has 1 heterocycles. The van der Waals surface area contributed by atoms with Crippen molar-refractivity contribution < 1.29 is 23.8 Å². The van der Waals surface area contributed by atoms with Gasteiger partial charge in [-0.05, 0) is 54.5 Å². The lowest BCUT2D eigenvalue weighted by atomic mass is 9.88. The highest BCUT2D eigenvalue weighted by molar-refractivity contribution is 7.17. The number of amides is 1. The number of ether oxygens (including phenoxy) is 3. The fourth-order valence-corrected chi connectivity index (χ4v) is 4.84. The number of fused-ring (bicyclic) bond motifs is 1. The highest BCUT2D eigenvalue weighted by Crippen LogP contribution is 2.40. The number of hydrogen-bond acceptors (Lipinski definition) is 6. The Hall–Kier alpha value is -2.80. The summed E-state index contributed by atoms with van der Waals surface area (Å²) in [6.45, 7) is 2.20. The Morgan fingerprint density at radius 1 is 1.17 bits per heavy atom. The molecule has 2 aromatic rings. The Morgan fingerprint density at radius 2 is 1.93 bits per heavy atom. The van der Waals surface area contributed by atoms with E-state index in [0.29, 0.717) is 28.0 Å². The summed E-state index contributed by atoms with van der Waals surface area (Å²) >= 11 is 1.47. The van der Waals surface area contributed by atoms with Gasteiger partial charge >= 0.3 is 5.97 Å². The Bertz CT molecular complexity index is 947. The smallest absolute Gasteiger partial charge is 0.341 e. The number of hydrogen-bond donors (Lipinski definition) is 1. The minimum atomic E-state index is -0.406. The summed E-state index contributed by atoms with van der Waals surface area (Å²) in [5.74, 6) is 1.06. The van der Waals surface area contributed by atoms with Gasteiger partial charge in [0.2, 0.25) is 5.91 Å². The third kappa shape index (κ3) is 4.62. The molecule has 3 rings (SSSR count). The summed E-state index contributed by atoms with van der Waals surface area (Å²) in [5, 5.41) is 3.41. The molecule has 7 heteroatoms. The molecule has 0 saturated carbocycles. The zero-order chi connectivity index (χ0) is 21.0. The van der Waals surface area contributed by atoms with Crippen molar-refractivity contribution in [3.63, 3.8) is 0 Å². The number of esters is 1. The lowest BCUT2D eigenvalue weighted by Gasteiger charge is -2.18. The first-order chi connectivity index (χ1) is 14.0. The van der Waals surface area contributed by atoms with Crippen LogP contribution in [0, 0.1) is 5.92 Å². The average molecular weight is 416 g/mol. The molecule has 154 valence electrons. The van der Waals surface area contributed by atoms with Gasteiger partial charge in [0, 0.05) is 11.0 Å². The minimum absolute atomic E-state index is 0.309. The van der Waals surface area contributed by atoms with E-state index in [2.05, 4.69) is 12.2 Å². The third-order valence-electron chi connectivity index (χ3n) is 4.97. The van der Waals surface area contributed by atoms with Crippen molar-refractivity contribution >= 4 is 34.3 Å². The summed E-state index contributed by atoms with van der Waals surface area (Å²) in [7, 11) is 4.49. The number of anilines is 1. The van der Waals surface area contributed by atoms with Crippen LogP contribution in [-0.2, 0) is 22.4 Å². The molecule has 1 aliphatic carbocycles. The molecule has 0 aliphatic heterocycles. The standard InChI is InChI=1S/C22H25NO5S/c1-13-5-8-15-18(11-13)29-21(20(15)22(25)28-4)23-19(24)10-7-14-6-9-16(26-2)17(12-14)27-3/h6-7,9-10,12-13H,5,8,11H2,1-4H3,(H,23,24)/b10-7+. The number of carbonyl (C=O) groups is 2. The number of nitrogens with one attached hydrogen (secondary N) is 1. The number of benzene rings is 1. The minimum Gasteiger partial charge on any atom is -0.493 e. The Kier molecular flexibility index (Phi) is 6.59. The topological polar surface area (TPSA) is 73.9 Å². The molecule has 1 aromatic heterocycles. The molecular formula is C22H25NO5S. The SMILES string of the molecule is COC(=O)c1c(NC(=O)/C=C/c2ccc(OC)c(OC)c2)sc2c1CCC(C)C2. The van der Waals surface area contributed by atoms with E-state index in [1.54, 1.807) is 32.4 Å². The molecule has 1 N–H and O–H groups in total. The molecule has 1 unspecified atom stereocenters. The van der Waals surface area contributed by atoms with Crippen molar-refractivity contribution in [3.05, 3.63) is 45.8 Å². The molecule has 6 nitrogen and oxygen atoms in total.